The molecule has 0 atom stereocenters. The molecule has 0 radical (unpaired) electrons. The molecule has 39 heavy (non-hydrogen) atoms. The van der Waals surface area contributed by atoms with Gasteiger partial charge in [0.05, 0.1) is 22.9 Å². The van der Waals surface area contributed by atoms with Crippen LogP contribution in [0.5, 0.6) is 0 Å². The van der Waals surface area contributed by atoms with E-state index in [2.05, 4.69) is 4.90 Å². The third-order valence-corrected chi connectivity index (χ3v) is 7.45. The summed E-state index contributed by atoms with van der Waals surface area (Å²) in [6, 6.07) is 21.4. The van der Waals surface area contributed by atoms with E-state index in [0.29, 0.717) is 64.7 Å². The molecule has 6 nitrogen and oxygen atoms in total. The first-order valence-electron chi connectivity index (χ1n) is 12.6. The molecule has 1 aromatic heterocycles. The predicted octanol–water partition coefficient (Wildman–Crippen LogP) is 6.29. The molecule has 4 aromatic rings. The molecule has 0 unspecified atom stereocenters. The lowest BCUT2D eigenvalue weighted by atomic mass is 10.0. The van der Waals surface area contributed by atoms with Crippen molar-refractivity contribution in [2.24, 2.45) is 0 Å². The summed E-state index contributed by atoms with van der Waals surface area (Å²) in [5, 5.41) is 0.771. The minimum atomic E-state index is -0.390. The SMILES string of the molecule is COCc1nc(-c2ccccc2)nc(N2CCN(C(=O)c3ccccc3Cl)CC2)c1Cc1c(F)cccc1Cl. The van der Waals surface area contributed by atoms with Gasteiger partial charge < -0.3 is 14.5 Å². The van der Waals surface area contributed by atoms with Gasteiger partial charge in [-0.25, -0.2) is 14.4 Å². The molecule has 0 spiro atoms. The number of nitrogens with zero attached hydrogens (tertiary/aromatic N) is 4. The van der Waals surface area contributed by atoms with Gasteiger partial charge in [0.15, 0.2) is 5.82 Å². The molecule has 0 aliphatic carbocycles. The zero-order valence-corrected chi connectivity index (χ0v) is 22.9. The number of amides is 1. The van der Waals surface area contributed by atoms with Crippen LogP contribution in [0.4, 0.5) is 10.2 Å². The van der Waals surface area contributed by atoms with E-state index in [1.54, 1.807) is 48.4 Å². The summed E-state index contributed by atoms with van der Waals surface area (Å²) in [7, 11) is 1.60. The van der Waals surface area contributed by atoms with Crippen LogP contribution in [-0.2, 0) is 17.8 Å². The molecule has 5 rings (SSSR count). The Kier molecular flexibility index (Phi) is 8.41. The molecule has 3 aromatic carbocycles. The van der Waals surface area contributed by atoms with Crippen molar-refractivity contribution in [3.63, 3.8) is 0 Å². The average molecular weight is 565 g/mol. The number of anilines is 1. The smallest absolute Gasteiger partial charge is 0.255 e. The van der Waals surface area contributed by atoms with Crippen LogP contribution in [0.3, 0.4) is 0 Å². The molecular weight excluding hydrogens is 538 g/mol. The first-order valence-corrected chi connectivity index (χ1v) is 13.4. The molecule has 1 fully saturated rings. The van der Waals surface area contributed by atoms with Crippen LogP contribution in [0.1, 0.15) is 27.2 Å². The van der Waals surface area contributed by atoms with Crippen LogP contribution in [-0.4, -0.2) is 54.1 Å². The van der Waals surface area contributed by atoms with Gasteiger partial charge in [0, 0.05) is 61.4 Å². The van der Waals surface area contributed by atoms with E-state index >= 15 is 0 Å². The molecule has 1 aliphatic heterocycles. The van der Waals surface area contributed by atoms with Crippen molar-refractivity contribution < 1.29 is 13.9 Å². The summed E-state index contributed by atoms with van der Waals surface area (Å²) in [5.41, 5.74) is 3.13. The first kappa shape index (κ1) is 27.1. The number of halogens is 3. The molecule has 1 amide bonds. The quantitative estimate of drug-likeness (QED) is 0.264. The Labute approximate surface area is 237 Å². The maximum atomic E-state index is 14.9. The fourth-order valence-electron chi connectivity index (χ4n) is 4.74. The third-order valence-electron chi connectivity index (χ3n) is 6.77. The molecule has 0 N–H and O–H groups in total. The minimum Gasteiger partial charge on any atom is -0.378 e. The fraction of sp³-hybridized carbons (Fsp3) is 0.233. The zero-order chi connectivity index (χ0) is 27.4. The van der Waals surface area contributed by atoms with Crippen molar-refractivity contribution in [2.75, 3.05) is 38.2 Å². The van der Waals surface area contributed by atoms with E-state index in [1.807, 2.05) is 30.3 Å². The van der Waals surface area contributed by atoms with E-state index < -0.39 is 0 Å². The number of carbonyl (C=O) groups excluding carboxylic acids is 1. The zero-order valence-electron chi connectivity index (χ0n) is 21.4. The van der Waals surface area contributed by atoms with Crippen molar-refractivity contribution >= 4 is 34.9 Å². The summed E-state index contributed by atoms with van der Waals surface area (Å²) >= 11 is 12.7. The topological polar surface area (TPSA) is 58.6 Å². The lowest BCUT2D eigenvalue weighted by Crippen LogP contribution is -2.49. The van der Waals surface area contributed by atoms with Gasteiger partial charge in [0.2, 0.25) is 0 Å². The number of ether oxygens (including phenoxy) is 1. The van der Waals surface area contributed by atoms with Crippen LogP contribution >= 0.6 is 23.2 Å². The second kappa shape index (κ2) is 12.1. The monoisotopic (exact) mass is 564 g/mol. The molecule has 1 aliphatic rings. The Balaban J connectivity index is 1.52. The second-order valence-electron chi connectivity index (χ2n) is 9.23. The van der Waals surface area contributed by atoms with Gasteiger partial charge >= 0.3 is 0 Å². The van der Waals surface area contributed by atoms with E-state index in [1.165, 1.54) is 6.07 Å². The van der Waals surface area contributed by atoms with Crippen molar-refractivity contribution in [3.8, 4) is 11.4 Å². The largest absolute Gasteiger partial charge is 0.378 e. The standard InChI is InChI=1S/C30H27Cl2FN4O2/c1-39-19-27-23(18-22-25(32)12-7-13-26(22)33)29(35-28(34-27)20-8-3-2-4-9-20)36-14-16-37(17-15-36)30(38)21-10-5-6-11-24(21)31/h2-13H,14-19H2,1H3. The molecule has 9 heteroatoms. The predicted molar refractivity (Wildman–Crippen MR) is 152 cm³/mol. The highest BCUT2D eigenvalue weighted by molar-refractivity contribution is 6.33. The van der Waals surface area contributed by atoms with Gasteiger partial charge in [-0.3, -0.25) is 4.79 Å². The van der Waals surface area contributed by atoms with Gasteiger partial charge in [-0.05, 0) is 24.3 Å². The molecular formula is C30H27Cl2FN4O2. The highest BCUT2D eigenvalue weighted by Gasteiger charge is 2.28. The Morgan fingerprint density at radius 1 is 0.872 bits per heavy atom. The Morgan fingerprint density at radius 3 is 2.26 bits per heavy atom. The van der Waals surface area contributed by atoms with Gasteiger partial charge in [0.1, 0.15) is 11.6 Å². The normalized spacial score (nSPS) is 13.5. The number of methoxy groups -OCH3 is 1. The van der Waals surface area contributed by atoms with Crippen molar-refractivity contribution in [2.45, 2.75) is 13.0 Å². The number of carbonyl (C=O) groups is 1. The van der Waals surface area contributed by atoms with Crippen LogP contribution in [0, 0.1) is 5.82 Å². The highest BCUT2D eigenvalue weighted by Crippen LogP contribution is 2.32. The third kappa shape index (κ3) is 5.91. The number of hydrogen-bond donors (Lipinski definition) is 0. The van der Waals surface area contributed by atoms with Crippen molar-refractivity contribution in [3.05, 3.63) is 111 Å². The number of benzene rings is 3. The van der Waals surface area contributed by atoms with Gasteiger partial charge in [-0.2, -0.15) is 0 Å². The van der Waals surface area contributed by atoms with E-state index in [-0.39, 0.29) is 24.8 Å². The number of rotatable bonds is 7. The number of aromatic nitrogens is 2. The first-order chi connectivity index (χ1) is 19.0. The molecule has 1 saturated heterocycles. The maximum Gasteiger partial charge on any atom is 0.255 e. The molecule has 0 bridgehead atoms. The van der Waals surface area contributed by atoms with Crippen LogP contribution in [0.2, 0.25) is 10.0 Å². The van der Waals surface area contributed by atoms with E-state index in [0.717, 1.165) is 11.1 Å². The number of hydrogen-bond acceptors (Lipinski definition) is 5. The summed E-state index contributed by atoms with van der Waals surface area (Å²) in [4.78, 5) is 26.9. The molecule has 0 saturated carbocycles. The van der Waals surface area contributed by atoms with Crippen LogP contribution < -0.4 is 4.90 Å². The summed E-state index contributed by atoms with van der Waals surface area (Å²) in [6.45, 7) is 2.25. The van der Waals surface area contributed by atoms with E-state index in [9.17, 15) is 9.18 Å². The van der Waals surface area contributed by atoms with E-state index in [4.69, 9.17) is 37.9 Å². The Bertz CT molecular complexity index is 1460. The van der Waals surface area contributed by atoms with Gasteiger partial charge in [-0.15, -0.1) is 0 Å². The summed E-state index contributed by atoms with van der Waals surface area (Å²) in [6.07, 6.45) is 0.202. The average Bonchev–Trinajstić information content (AvgIpc) is 2.96. The van der Waals surface area contributed by atoms with Crippen LogP contribution in [0.25, 0.3) is 11.4 Å². The minimum absolute atomic E-state index is 0.105. The fourth-order valence-corrected chi connectivity index (χ4v) is 5.18. The number of piperazine rings is 1. The lowest BCUT2D eigenvalue weighted by molar-refractivity contribution is 0.0746. The van der Waals surface area contributed by atoms with Crippen LogP contribution in [0.15, 0.2) is 72.8 Å². The Morgan fingerprint density at radius 2 is 1.56 bits per heavy atom. The summed E-state index contributed by atoms with van der Waals surface area (Å²) in [5.74, 6) is 0.737. The molecule has 2 heterocycles. The summed E-state index contributed by atoms with van der Waals surface area (Å²) < 4.78 is 20.4. The lowest BCUT2D eigenvalue weighted by Gasteiger charge is -2.37. The molecule has 200 valence electrons. The van der Waals surface area contributed by atoms with Gasteiger partial charge in [0.25, 0.3) is 5.91 Å². The highest BCUT2D eigenvalue weighted by atomic mass is 35.5. The van der Waals surface area contributed by atoms with Gasteiger partial charge in [-0.1, -0.05) is 71.7 Å². The maximum absolute atomic E-state index is 14.9. The van der Waals surface area contributed by atoms with Crippen molar-refractivity contribution in [1.29, 1.82) is 0 Å². The van der Waals surface area contributed by atoms with Crippen molar-refractivity contribution in [1.82, 2.24) is 14.9 Å². The Hall–Kier alpha value is -3.52. The second-order valence-corrected chi connectivity index (χ2v) is 10.0.